The van der Waals surface area contributed by atoms with Crippen molar-refractivity contribution in [3.05, 3.63) is 56.9 Å². The number of benzene rings is 1. The fourth-order valence-electron chi connectivity index (χ4n) is 4.98. The van der Waals surface area contributed by atoms with Gasteiger partial charge >= 0.3 is 5.97 Å². The van der Waals surface area contributed by atoms with Crippen molar-refractivity contribution in [3.63, 3.8) is 0 Å². The third kappa shape index (κ3) is 3.29. The molecular formula is C25H27NO3S. The van der Waals surface area contributed by atoms with E-state index >= 15 is 0 Å². The maximum Gasteiger partial charge on any atom is 0.349 e. The number of hydrogen-bond acceptors (Lipinski definition) is 4. The number of hydrogen-bond donors (Lipinski definition) is 0. The molecule has 5 rings (SSSR count). The fourth-order valence-corrected chi connectivity index (χ4v) is 6.11. The second kappa shape index (κ2) is 8.03. The molecule has 0 saturated heterocycles. The first kappa shape index (κ1) is 19.6. The molecule has 2 aliphatic carbocycles. The molecule has 0 fully saturated rings. The van der Waals surface area contributed by atoms with Gasteiger partial charge in [-0.3, -0.25) is 9.36 Å². The van der Waals surface area contributed by atoms with Crippen LogP contribution in [0, 0.1) is 0 Å². The number of para-hydroxylation sites is 1. The molecule has 0 spiro atoms. The number of carbonyl (C=O) groups is 2. The van der Waals surface area contributed by atoms with Crippen LogP contribution in [0.3, 0.4) is 0 Å². The molecule has 1 aromatic carbocycles. The number of esters is 1. The summed E-state index contributed by atoms with van der Waals surface area (Å²) in [5.74, 6) is -0.480. The topological polar surface area (TPSA) is 48.3 Å². The van der Waals surface area contributed by atoms with Crippen molar-refractivity contribution in [2.45, 2.75) is 70.8 Å². The van der Waals surface area contributed by atoms with Gasteiger partial charge in [-0.25, -0.2) is 4.79 Å². The van der Waals surface area contributed by atoms with Crippen molar-refractivity contribution in [1.82, 2.24) is 4.57 Å². The molecule has 0 saturated carbocycles. The summed E-state index contributed by atoms with van der Waals surface area (Å²) >= 11 is 1.54. The van der Waals surface area contributed by atoms with E-state index in [4.69, 9.17) is 4.74 Å². The Labute approximate surface area is 180 Å². The van der Waals surface area contributed by atoms with Crippen LogP contribution in [-0.2, 0) is 30.4 Å². The van der Waals surface area contributed by atoms with E-state index in [2.05, 4.69) is 6.07 Å². The molecule has 3 aromatic rings. The molecule has 0 bridgehead atoms. The smallest absolute Gasteiger partial charge is 0.349 e. The molecule has 0 aliphatic heterocycles. The third-order valence-electron chi connectivity index (χ3n) is 6.49. The third-order valence-corrected chi connectivity index (χ3v) is 7.71. The summed E-state index contributed by atoms with van der Waals surface area (Å²) in [6.07, 6.45) is 8.31. The standard InChI is InChI=1S/C25H27NO3S/c1-2-21(29-25(28)23-15-16-9-3-8-14-22(16)30-23)24(27)26-19-12-6-4-10-17(19)18-11-5-7-13-20(18)26/h4,6,10,12,15,21H,2-3,5,7-9,11,13-14H2,1H3. The number of ether oxygens (including phenoxy) is 1. The second-order valence-corrected chi connectivity index (χ2v) is 9.53. The van der Waals surface area contributed by atoms with E-state index < -0.39 is 6.10 Å². The molecule has 1 unspecified atom stereocenters. The molecule has 2 aliphatic rings. The number of thiophene rings is 1. The number of carbonyl (C=O) groups excluding carboxylic acids is 2. The van der Waals surface area contributed by atoms with Crippen LogP contribution < -0.4 is 0 Å². The lowest BCUT2D eigenvalue weighted by Gasteiger charge is -2.19. The lowest BCUT2D eigenvalue weighted by molar-refractivity contribution is 0.0246. The summed E-state index contributed by atoms with van der Waals surface area (Å²) in [6.45, 7) is 1.91. The van der Waals surface area contributed by atoms with Gasteiger partial charge < -0.3 is 4.74 Å². The van der Waals surface area contributed by atoms with Gasteiger partial charge in [0.15, 0.2) is 6.10 Å². The molecule has 0 amide bonds. The average molecular weight is 422 g/mol. The molecule has 2 heterocycles. The van der Waals surface area contributed by atoms with Crippen LogP contribution in [0.2, 0.25) is 0 Å². The molecular weight excluding hydrogens is 394 g/mol. The number of fused-ring (bicyclic) bond motifs is 4. The van der Waals surface area contributed by atoms with E-state index in [1.165, 1.54) is 40.2 Å². The Bertz CT molecular complexity index is 1100. The SMILES string of the molecule is CCC(OC(=O)c1cc2c(s1)CCCC2)C(=O)n1c2c(c3ccccc31)CCCC2. The van der Waals surface area contributed by atoms with E-state index in [9.17, 15) is 9.59 Å². The Kier molecular flexibility index (Phi) is 5.23. The summed E-state index contributed by atoms with van der Waals surface area (Å²) in [6, 6.07) is 10.1. The summed E-state index contributed by atoms with van der Waals surface area (Å²) < 4.78 is 7.63. The van der Waals surface area contributed by atoms with Crippen molar-refractivity contribution in [1.29, 1.82) is 0 Å². The molecule has 156 valence electrons. The highest BCUT2D eigenvalue weighted by Crippen LogP contribution is 2.33. The Hall–Kier alpha value is -2.40. The first-order valence-corrected chi connectivity index (χ1v) is 12.0. The van der Waals surface area contributed by atoms with Crippen LogP contribution >= 0.6 is 11.3 Å². The molecule has 2 aromatic heterocycles. The normalized spacial score (nSPS) is 16.7. The van der Waals surface area contributed by atoms with Gasteiger partial charge in [-0.2, -0.15) is 0 Å². The van der Waals surface area contributed by atoms with E-state index in [-0.39, 0.29) is 11.9 Å². The van der Waals surface area contributed by atoms with Gasteiger partial charge in [-0.15, -0.1) is 11.3 Å². The number of nitrogens with zero attached hydrogens (tertiary/aromatic N) is 1. The molecule has 0 N–H and O–H groups in total. The Balaban J connectivity index is 1.45. The van der Waals surface area contributed by atoms with Gasteiger partial charge in [0.1, 0.15) is 4.88 Å². The zero-order valence-corrected chi connectivity index (χ0v) is 18.2. The van der Waals surface area contributed by atoms with Gasteiger partial charge in [0.05, 0.1) is 5.52 Å². The lowest BCUT2D eigenvalue weighted by Crippen LogP contribution is -2.32. The highest BCUT2D eigenvalue weighted by Gasteiger charge is 2.30. The Morgan fingerprint density at radius 3 is 2.67 bits per heavy atom. The molecule has 30 heavy (non-hydrogen) atoms. The summed E-state index contributed by atoms with van der Waals surface area (Å²) in [7, 11) is 0. The second-order valence-electron chi connectivity index (χ2n) is 8.39. The van der Waals surface area contributed by atoms with Crippen LogP contribution in [-0.4, -0.2) is 22.5 Å². The summed E-state index contributed by atoms with van der Waals surface area (Å²) in [5.41, 5.74) is 4.62. The zero-order valence-electron chi connectivity index (χ0n) is 17.4. The van der Waals surface area contributed by atoms with E-state index in [1.807, 2.05) is 35.8 Å². The van der Waals surface area contributed by atoms with E-state index in [0.29, 0.717) is 11.3 Å². The van der Waals surface area contributed by atoms with Gasteiger partial charge in [0.25, 0.3) is 5.91 Å². The van der Waals surface area contributed by atoms with Crippen molar-refractivity contribution < 1.29 is 14.3 Å². The van der Waals surface area contributed by atoms with E-state index in [0.717, 1.165) is 55.1 Å². The highest BCUT2D eigenvalue weighted by atomic mass is 32.1. The minimum absolute atomic E-state index is 0.119. The Morgan fingerprint density at radius 2 is 1.83 bits per heavy atom. The first-order chi connectivity index (χ1) is 14.7. The maximum absolute atomic E-state index is 13.6. The van der Waals surface area contributed by atoms with Gasteiger partial charge in [-0.1, -0.05) is 25.1 Å². The van der Waals surface area contributed by atoms with Crippen LogP contribution in [0.5, 0.6) is 0 Å². The zero-order chi connectivity index (χ0) is 20.7. The monoisotopic (exact) mass is 421 g/mol. The van der Waals surface area contributed by atoms with E-state index in [1.54, 1.807) is 0 Å². The number of rotatable bonds is 4. The predicted molar refractivity (Wildman–Crippen MR) is 120 cm³/mol. The van der Waals surface area contributed by atoms with Crippen molar-refractivity contribution in [2.75, 3.05) is 0 Å². The molecule has 1 atom stereocenters. The molecule has 0 radical (unpaired) electrons. The number of aromatic nitrogens is 1. The van der Waals surface area contributed by atoms with Crippen molar-refractivity contribution in [3.8, 4) is 0 Å². The molecule has 5 heteroatoms. The minimum atomic E-state index is -0.765. The van der Waals surface area contributed by atoms with Crippen LogP contribution in [0.15, 0.2) is 30.3 Å². The van der Waals surface area contributed by atoms with Crippen molar-refractivity contribution >= 4 is 34.1 Å². The molecule has 4 nitrogen and oxygen atoms in total. The van der Waals surface area contributed by atoms with Crippen LogP contribution in [0.1, 0.15) is 75.2 Å². The lowest BCUT2D eigenvalue weighted by atomic mass is 9.95. The highest BCUT2D eigenvalue weighted by molar-refractivity contribution is 7.14. The van der Waals surface area contributed by atoms with Gasteiger partial charge in [0, 0.05) is 16.0 Å². The minimum Gasteiger partial charge on any atom is -0.448 e. The summed E-state index contributed by atoms with van der Waals surface area (Å²) in [5, 5.41) is 1.16. The summed E-state index contributed by atoms with van der Waals surface area (Å²) in [4.78, 5) is 28.4. The quantitative estimate of drug-likeness (QED) is 0.505. The van der Waals surface area contributed by atoms with Crippen LogP contribution in [0.4, 0.5) is 0 Å². The Morgan fingerprint density at radius 1 is 1.07 bits per heavy atom. The number of aryl methyl sites for hydroxylation is 3. The fraction of sp³-hybridized carbons (Fsp3) is 0.440. The van der Waals surface area contributed by atoms with Crippen molar-refractivity contribution in [2.24, 2.45) is 0 Å². The van der Waals surface area contributed by atoms with Gasteiger partial charge in [-0.05, 0) is 81.0 Å². The van der Waals surface area contributed by atoms with Gasteiger partial charge in [0.2, 0.25) is 0 Å². The largest absolute Gasteiger partial charge is 0.448 e. The average Bonchev–Trinajstić information content (AvgIpc) is 3.36. The predicted octanol–water partition coefficient (Wildman–Crippen LogP) is 5.74. The van der Waals surface area contributed by atoms with Crippen LogP contribution in [0.25, 0.3) is 10.9 Å². The maximum atomic E-state index is 13.6. The first-order valence-electron chi connectivity index (χ1n) is 11.2.